The van der Waals surface area contributed by atoms with E-state index >= 15 is 0 Å². The fraction of sp³-hybridized carbons (Fsp3) is 0.812. The maximum absolute atomic E-state index is 14.4. The average Bonchev–Trinajstić information content (AvgIpc) is 3.51. The molecule has 4 N–H and O–H groups in total. The average molecular weight is 891 g/mol. The number of carbonyl (C=O) groups is 1. The molecule has 1 spiro atoms. The number of carbonyl (C=O) groups excluding carboxylic acids is 1. The fourth-order valence-corrected chi connectivity index (χ4v) is 11.0. The van der Waals surface area contributed by atoms with E-state index in [4.69, 9.17) is 47.4 Å². The van der Waals surface area contributed by atoms with Gasteiger partial charge in [-0.3, -0.25) is 4.79 Å². The standard InChI is InChI=1S/C48H74O15/c1-11-24(2)42-27(5)17-18-47(63-42)23-32-20-31(62-47)16-15-26(4)41(59-38-22-36(55-10)43(30(8)57-38)60-37-21-35(54-9)40(50)29(7)56-37)25(3)13-12-14-33-45(51)61-44-39(49)28(6)19-34(46(52)58-32)48(33,44)53/h12-15,17-18,24-25,27-32,34-45,49-51,53H,11,16,19-23H2,1-10H3/b13-12+,26-15+,33-14+/t24-,25-,27-,28?,29-,30-,31+,32-,34-,35-,36-,37?,38?,39?,40-,41-,42+,43-,44?,45?,47+,48+/m0/s1. The Morgan fingerprint density at radius 1 is 0.841 bits per heavy atom. The molecule has 1 saturated carbocycles. The summed E-state index contributed by atoms with van der Waals surface area (Å²) in [5.41, 5.74) is -1.05. The smallest absolute Gasteiger partial charge is 0.312 e. The molecule has 0 aromatic heterocycles. The summed E-state index contributed by atoms with van der Waals surface area (Å²) >= 11 is 0. The Morgan fingerprint density at radius 3 is 2.25 bits per heavy atom. The molecule has 0 amide bonds. The highest BCUT2D eigenvalue weighted by Gasteiger charge is 2.64. The first-order chi connectivity index (χ1) is 29.9. The summed E-state index contributed by atoms with van der Waals surface area (Å²) in [6.07, 6.45) is 4.29. The van der Waals surface area contributed by atoms with E-state index in [1.807, 2.05) is 32.9 Å². The Kier molecular flexibility index (Phi) is 15.5. The van der Waals surface area contributed by atoms with Gasteiger partial charge in [-0.25, -0.2) is 0 Å². The minimum Gasteiger partial charge on any atom is -0.462 e. The van der Waals surface area contributed by atoms with E-state index in [1.54, 1.807) is 40.2 Å². The van der Waals surface area contributed by atoms with Crippen molar-refractivity contribution in [1.29, 1.82) is 0 Å². The van der Waals surface area contributed by atoms with Gasteiger partial charge in [-0.2, -0.15) is 0 Å². The topological polar surface area (TPSA) is 190 Å². The molecular formula is C48H74O15. The summed E-state index contributed by atoms with van der Waals surface area (Å²) in [5, 5.41) is 45.6. The summed E-state index contributed by atoms with van der Waals surface area (Å²) in [7, 11) is 3.19. The van der Waals surface area contributed by atoms with Crippen molar-refractivity contribution in [2.24, 2.45) is 29.6 Å². The van der Waals surface area contributed by atoms with Crippen LogP contribution in [-0.2, 0) is 52.2 Å². The van der Waals surface area contributed by atoms with Gasteiger partial charge in [0.2, 0.25) is 0 Å². The largest absolute Gasteiger partial charge is 0.462 e. The maximum Gasteiger partial charge on any atom is 0.312 e. The molecule has 63 heavy (non-hydrogen) atoms. The monoisotopic (exact) mass is 891 g/mol. The van der Waals surface area contributed by atoms with Crippen molar-refractivity contribution in [3.05, 3.63) is 47.6 Å². The van der Waals surface area contributed by atoms with Crippen LogP contribution in [0.15, 0.2) is 47.6 Å². The molecule has 22 atom stereocenters. The van der Waals surface area contributed by atoms with Crippen molar-refractivity contribution in [1.82, 2.24) is 0 Å². The Hall–Kier alpha value is -2.09. The minimum atomic E-state index is -2.04. The van der Waals surface area contributed by atoms with Crippen LogP contribution in [0.1, 0.15) is 100 Å². The van der Waals surface area contributed by atoms with Gasteiger partial charge in [-0.1, -0.05) is 71.4 Å². The van der Waals surface area contributed by atoms with Gasteiger partial charge in [-0.05, 0) is 57.1 Å². The Morgan fingerprint density at radius 2 is 1.54 bits per heavy atom. The molecule has 6 aliphatic heterocycles. The van der Waals surface area contributed by atoms with Gasteiger partial charge in [0.1, 0.15) is 30.0 Å². The fourth-order valence-electron chi connectivity index (χ4n) is 11.0. The van der Waals surface area contributed by atoms with Crippen molar-refractivity contribution in [2.45, 2.75) is 204 Å². The second kappa shape index (κ2) is 20.0. The Bertz CT molecular complexity index is 1700. The normalized spacial score (nSPS) is 51.0. The van der Waals surface area contributed by atoms with Crippen LogP contribution in [0, 0.1) is 29.6 Å². The number of methoxy groups -OCH3 is 2. The number of hydrogen-bond donors (Lipinski definition) is 4. The number of esters is 1. The van der Waals surface area contributed by atoms with Crippen LogP contribution in [0.3, 0.4) is 0 Å². The van der Waals surface area contributed by atoms with E-state index in [0.29, 0.717) is 25.7 Å². The molecule has 4 saturated heterocycles. The molecular weight excluding hydrogens is 817 g/mol. The summed E-state index contributed by atoms with van der Waals surface area (Å²) in [4.78, 5) is 14.4. The number of ether oxygens (including phenoxy) is 10. The van der Waals surface area contributed by atoms with Crippen LogP contribution >= 0.6 is 0 Å². The van der Waals surface area contributed by atoms with Crippen LogP contribution < -0.4 is 0 Å². The van der Waals surface area contributed by atoms with Crippen molar-refractivity contribution < 1.29 is 72.6 Å². The second-order valence-electron chi connectivity index (χ2n) is 19.5. The number of allylic oxidation sites excluding steroid dienone is 2. The van der Waals surface area contributed by atoms with Crippen LogP contribution in [0.25, 0.3) is 0 Å². The zero-order valence-corrected chi connectivity index (χ0v) is 38.7. The number of fused-ring (bicyclic) bond motifs is 2. The highest BCUT2D eigenvalue weighted by Crippen LogP contribution is 2.51. The molecule has 0 aromatic carbocycles. The first-order valence-corrected chi connectivity index (χ1v) is 23.3. The summed E-state index contributed by atoms with van der Waals surface area (Å²) in [5.74, 6) is -3.18. The third-order valence-corrected chi connectivity index (χ3v) is 15.0. The Labute approximate surface area is 373 Å². The van der Waals surface area contributed by atoms with Crippen molar-refractivity contribution in [2.75, 3.05) is 14.2 Å². The number of rotatable bonds is 8. The molecule has 6 unspecified atom stereocenters. The van der Waals surface area contributed by atoms with E-state index < -0.39 is 115 Å². The molecule has 0 radical (unpaired) electrons. The van der Waals surface area contributed by atoms with E-state index in [-0.39, 0.29) is 42.3 Å². The summed E-state index contributed by atoms with van der Waals surface area (Å²) in [6.45, 7) is 16.0. The summed E-state index contributed by atoms with van der Waals surface area (Å²) < 4.78 is 63.4. The van der Waals surface area contributed by atoms with Gasteiger partial charge in [0, 0.05) is 57.3 Å². The third kappa shape index (κ3) is 9.98. The molecule has 15 nitrogen and oxygen atoms in total. The first-order valence-electron chi connectivity index (χ1n) is 23.3. The van der Waals surface area contributed by atoms with Gasteiger partial charge in [0.25, 0.3) is 0 Å². The molecule has 15 heteroatoms. The second-order valence-corrected chi connectivity index (χ2v) is 19.5. The molecule has 5 fully saturated rings. The predicted molar refractivity (Wildman–Crippen MR) is 228 cm³/mol. The lowest BCUT2D eigenvalue weighted by Gasteiger charge is -2.48. The Balaban J connectivity index is 1.19. The van der Waals surface area contributed by atoms with Gasteiger partial charge >= 0.3 is 5.97 Å². The van der Waals surface area contributed by atoms with Crippen LogP contribution in [0.4, 0.5) is 0 Å². The molecule has 2 bridgehead atoms. The van der Waals surface area contributed by atoms with Crippen LogP contribution in [0.5, 0.6) is 0 Å². The number of hydrogen-bond acceptors (Lipinski definition) is 15. The van der Waals surface area contributed by atoms with E-state index in [1.165, 1.54) is 0 Å². The molecule has 7 aliphatic rings. The lowest BCUT2D eigenvalue weighted by atomic mass is 9.66. The molecule has 7 rings (SSSR count). The van der Waals surface area contributed by atoms with E-state index in [2.05, 4.69) is 32.9 Å². The van der Waals surface area contributed by atoms with Gasteiger partial charge < -0.3 is 67.8 Å². The first kappa shape index (κ1) is 48.8. The predicted octanol–water partition coefficient (Wildman–Crippen LogP) is 4.78. The van der Waals surface area contributed by atoms with Gasteiger partial charge in [0.15, 0.2) is 24.7 Å². The highest BCUT2D eigenvalue weighted by molar-refractivity contribution is 5.76. The SMILES string of the molecule is CC[C@H](C)[C@H]1O[C@]2(C=C[C@@H]1C)C[C@@H]1C[C@@H](C/C=C(\C)[C@@H](OC3C[C@H](OC)[C@@H](OC4C[C@H](OC)[C@@H](O)[C@H](C)O4)[C@H](C)O3)[C@@H](C)/C=C/C=C3\C(O)OC4C(O)C(C)C[C@@H](C(=O)O1)[C@]34O)O2. The maximum atomic E-state index is 14.4. The molecule has 356 valence electrons. The van der Waals surface area contributed by atoms with Crippen LogP contribution in [0.2, 0.25) is 0 Å². The van der Waals surface area contributed by atoms with Crippen molar-refractivity contribution in [3.8, 4) is 0 Å². The third-order valence-electron chi connectivity index (χ3n) is 15.0. The number of aliphatic hydroxyl groups excluding tert-OH is 3. The number of aliphatic hydroxyl groups is 4. The van der Waals surface area contributed by atoms with Crippen molar-refractivity contribution >= 4 is 5.97 Å². The quantitative estimate of drug-likeness (QED) is 0.192. The molecule has 6 heterocycles. The van der Waals surface area contributed by atoms with E-state index in [9.17, 15) is 25.2 Å². The summed E-state index contributed by atoms with van der Waals surface area (Å²) in [6, 6.07) is 0. The van der Waals surface area contributed by atoms with Gasteiger partial charge in [-0.15, -0.1) is 0 Å². The minimum absolute atomic E-state index is 0.0759. The zero-order chi connectivity index (χ0) is 45.5. The van der Waals surface area contributed by atoms with Gasteiger partial charge in [0.05, 0.1) is 54.7 Å². The molecule has 1 aliphatic carbocycles. The molecule has 0 aromatic rings. The van der Waals surface area contributed by atoms with Crippen molar-refractivity contribution in [3.63, 3.8) is 0 Å². The van der Waals surface area contributed by atoms with E-state index in [0.717, 1.165) is 12.0 Å². The lowest BCUT2D eigenvalue weighted by molar-refractivity contribution is -0.318. The zero-order valence-electron chi connectivity index (χ0n) is 38.7. The van der Waals surface area contributed by atoms with Crippen LogP contribution in [-0.4, -0.2) is 144 Å². The highest BCUT2D eigenvalue weighted by atomic mass is 16.7. The lowest BCUT2D eigenvalue weighted by Crippen LogP contribution is -2.61.